The number of nitrogen functional groups attached to an aromatic ring is 1. The minimum atomic E-state index is -0.454. The molecule has 4 rings (SSSR count). The van der Waals surface area contributed by atoms with Crippen LogP contribution in [-0.4, -0.2) is 20.9 Å². The number of carbonyl (C=O) groups excluding carboxylic acids is 1. The number of aryl methyl sites for hydroxylation is 2. The Bertz CT molecular complexity index is 963. The Balaban J connectivity index is 1.50. The first-order chi connectivity index (χ1) is 12.7. The number of thiophene rings is 1. The van der Waals surface area contributed by atoms with Crippen molar-refractivity contribution in [2.75, 3.05) is 5.73 Å². The van der Waals surface area contributed by atoms with E-state index in [1.807, 2.05) is 5.38 Å². The van der Waals surface area contributed by atoms with E-state index in [4.69, 9.17) is 10.5 Å². The van der Waals surface area contributed by atoms with Gasteiger partial charge < -0.3 is 10.5 Å². The summed E-state index contributed by atoms with van der Waals surface area (Å²) in [7, 11) is 0. The van der Waals surface area contributed by atoms with Crippen molar-refractivity contribution in [1.29, 1.82) is 0 Å². The summed E-state index contributed by atoms with van der Waals surface area (Å²) in [4.78, 5) is 27.1. The Hall–Kier alpha value is -2.32. The van der Waals surface area contributed by atoms with Crippen molar-refractivity contribution in [2.24, 2.45) is 0 Å². The van der Waals surface area contributed by atoms with Gasteiger partial charge >= 0.3 is 5.97 Å². The fraction of sp³-hybridized carbons (Fsp3) is 0.333. The second kappa shape index (κ2) is 7.51. The van der Waals surface area contributed by atoms with Gasteiger partial charge in [0, 0.05) is 22.5 Å². The van der Waals surface area contributed by atoms with Gasteiger partial charge in [-0.15, -0.1) is 22.7 Å². The molecule has 0 aromatic carbocycles. The lowest BCUT2D eigenvalue weighted by molar-refractivity contribution is -0.139. The van der Waals surface area contributed by atoms with E-state index in [0.29, 0.717) is 11.6 Å². The summed E-state index contributed by atoms with van der Waals surface area (Å²) >= 11 is 3.14. The molecule has 3 aromatic heterocycles. The highest BCUT2D eigenvalue weighted by molar-refractivity contribution is 7.19. The van der Waals surface area contributed by atoms with Crippen molar-refractivity contribution >= 4 is 50.8 Å². The number of hydrogen-bond donors (Lipinski definition) is 1. The topological polar surface area (TPSA) is 91.0 Å². The molecule has 3 heterocycles. The Morgan fingerprint density at radius 1 is 1.27 bits per heavy atom. The summed E-state index contributed by atoms with van der Waals surface area (Å²) in [6.45, 7) is 0.00372. The van der Waals surface area contributed by atoms with Crippen molar-refractivity contribution in [3.63, 3.8) is 0 Å². The van der Waals surface area contributed by atoms with Crippen molar-refractivity contribution in [2.45, 2.75) is 38.7 Å². The van der Waals surface area contributed by atoms with E-state index in [0.717, 1.165) is 28.1 Å². The average molecular weight is 387 g/mol. The Morgan fingerprint density at radius 3 is 3.00 bits per heavy atom. The highest BCUT2D eigenvalue weighted by Crippen LogP contribution is 2.37. The number of anilines is 1. The summed E-state index contributed by atoms with van der Waals surface area (Å²) in [5.74, 6) is 0.464. The van der Waals surface area contributed by atoms with Gasteiger partial charge in [-0.25, -0.2) is 19.7 Å². The SMILES string of the molecule is Nc1nc(COC(=O)C=Cc2nccs2)nc2sc3c(c12)CCCCC3. The van der Waals surface area contributed by atoms with E-state index in [2.05, 4.69) is 15.0 Å². The molecule has 0 atom stereocenters. The molecule has 1 aliphatic rings. The van der Waals surface area contributed by atoms with Crippen LogP contribution in [-0.2, 0) is 29.0 Å². The molecule has 6 nitrogen and oxygen atoms in total. The van der Waals surface area contributed by atoms with Crippen molar-refractivity contribution in [3.8, 4) is 0 Å². The quantitative estimate of drug-likeness (QED) is 0.417. The number of nitrogens with two attached hydrogens (primary N) is 1. The second-order valence-electron chi connectivity index (χ2n) is 6.08. The molecule has 0 saturated carbocycles. The molecule has 26 heavy (non-hydrogen) atoms. The molecule has 0 spiro atoms. The molecule has 3 aromatic rings. The predicted octanol–water partition coefficient (Wildman–Crippen LogP) is 3.76. The molecule has 0 amide bonds. The molecule has 0 radical (unpaired) electrons. The number of thiazole rings is 1. The van der Waals surface area contributed by atoms with Gasteiger partial charge in [0.2, 0.25) is 0 Å². The Labute approximate surface area is 158 Å². The van der Waals surface area contributed by atoms with Crippen LogP contribution in [0.3, 0.4) is 0 Å². The van der Waals surface area contributed by atoms with Gasteiger partial charge in [-0.2, -0.15) is 0 Å². The van der Waals surface area contributed by atoms with E-state index in [9.17, 15) is 4.79 Å². The summed E-state index contributed by atoms with van der Waals surface area (Å²) < 4.78 is 5.23. The van der Waals surface area contributed by atoms with E-state index in [1.165, 1.54) is 47.1 Å². The van der Waals surface area contributed by atoms with Crippen LogP contribution in [0.1, 0.15) is 40.5 Å². The maximum absolute atomic E-state index is 11.8. The average Bonchev–Trinajstić information content (AvgIpc) is 3.21. The van der Waals surface area contributed by atoms with Crippen LogP contribution in [0.4, 0.5) is 5.82 Å². The standard InChI is InChI=1S/C18H18N4O2S2/c19-17-16-11-4-2-1-3-5-12(11)26-18(16)22-13(21-17)10-24-15(23)7-6-14-20-8-9-25-14/h6-9H,1-5,10H2,(H2,19,21,22). The molecule has 1 aliphatic carbocycles. The number of esters is 1. The van der Waals surface area contributed by atoms with Crippen molar-refractivity contribution < 1.29 is 9.53 Å². The highest BCUT2D eigenvalue weighted by atomic mass is 32.1. The molecular formula is C18H18N4O2S2. The minimum Gasteiger partial charge on any atom is -0.454 e. The normalized spacial score (nSPS) is 14.5. The molecule has 8 heteroatoms. The summed E-state index contributed by atoms with van der Waals surface area (Å²) in [5, 5.41) is 3.59. The van der Waals surface area contributed by atoms with E-state index < -0.39 is 5.97 Å². The fourth-order valence-corrected chi connectivity index (χ4v) is 4.93. The van der Waals surface area contributed by atoms with Gasteiger partial charge in [0.1, 0.15) is 15.7 Å². The summed E-state index contributed by atoms with van der Waals surface area (Å²) in [5.41, 5.74) is 7.51. The zero-order chi connectivity index (χ0) is 17.9. The molecule has 2 N–H and O–H groups in total. The van der Waals surface area contributed by atoms with Gasteiger partial charge in [0.25, 0.3) is 0 Å². The van der Waals surface area contributed by atoms with Crippen molar-refractivity contribution in [3.05, 3.63) is 38.9 Å². The molecule has 0 unspecified atom stereocenters. The lowest BCUT2D eigenvalue weighted by atomic mass is 10.1. The third-order valence-electron chi connectivity index (χ3n) is 4.30. The molecular weight excluding hydrogens is 368 g/mol. The number of fused-ring (bicyclic) bond motifs is 3. The van der Waals surface area contributed by atoms with Crippen LogP contribution in [0, 0.1) is 0 Å². The van der Waals surface area contributed by atoms with E-state index in [1.54, 1.807) is 23.6 Å². The smallest absolute Gasteiger partial charge is 0.331 e. The Morgan fingerprint density at radius 2 is 2.15 bits per heavy atom. The van der Waals surface area contributed by atoms with E-state index in [-0.39, 0.29) is 6.61 Å². The van der Waals surface area contributed by atoms with Gasteiger partial charge in [0.05, 0.1) is 5.39 Å². The first kappa shape index (κ1) is 17.1. The fourth-order valence-electron chi connectivity index (χ4n) is 3.11. The molecule has 134 valence electrons. The first-order valence-electron chi connectivity index (χ1n) is 8.51. The summed E-state index contributed by atoms with van der Waals surface area (Å²) in [6, 6.07) is 0. The third kappa shape index (κ3) is 3.61. The van der Waals surface area contributed by atoms with Gasteiger partial charge in [-0.05, 0) is 37.3 Å². The second-order valence-corrected chi connectivity index (χ2v) is 8.09. The van der Waals surface area contributed by atoms with Crippen LogP contribution in [0.5, 0.6) is 0 Å². The number of hydrogen-bond acceptors (Lipinski definition) is 8. The molecule has 0 saturated heterocycles. The van der Waals surface area contributed by atoms with Crippen LogP contribution in [0.25, 0.3) is 16.3 Å². The maximum Gasteiger partial charge on any atom is 0.331 e. The minimum absolute atomic E-state index is 0.00372. The third-order valence-corrected chi connectivity index (χ3v) is 6.22. The Kier molecular flexibility index (Phi) is 4.94. The van der Waals surface area contributed by atoms with E-state index >= 15 is 0 Å². The lowest BCUT2D eigenvalue weighted by Crippen LogP contribution is -2.06. The van der Waals surface area contributed by atoms with Crippen LogP contribution >= 0.6 is 22.7 Å². The maximum atomic E-state index is 11.8. The predicted molar refractivity (Wildman–Crippen MR) is 104 cm³/mol. The zero-order valence-electron chi connectivity index (χ0n) is 14.1. The highest BCUT2D eigenvalue weighted by Gasteiger charge is 2.19. The van der Waals surface area contributed by atoms with Gasteiger partial charge in [-0.1, -0.05) is 6.42 Å². The van der Waals surface area contributed by atoms with Gasteiger partial charge in [-0.3, -0.25) is 0 Å². The van der Waals surface area contributed by atoms with Crippen LogP contribution in [0.2, 0.25) is 0 Å². The molecule has 0 aliphatic heterocycles. The lowest BCUT2D eigenvalue weighted by Gasteiger charge is -2.05. The number of nitrogens with zero attached hydrogens (tertiary/aromatic N) is 3. The van der Waals surface area contributed by atoms with Gasteiger partial charge in [0.15, 0.2) is 12.4 Å². The van der Waals surface area contributed by atoms with Crippen molar-refractivity contribution in [1.82, 2.24) is 15.0 Å². The molecule has 0 bridgehead atoms. The first-order valence-corrected chi connectivity index (χ1v) is 10.2. The van der Waals surface area contributed by atoms with Crippen LogP contribution < -0.4 is 5.73 Å². The molecule has 0 fully saturated rings. The monoisotopic (exact) mass is 386 g/mol. The zero-order valence-corrected chi connectivity index (χ0v) is 15.7. The largest absolute Gasteiger partial charge is 0.454 e. The number of aromatic nitrogens is 3. The number of carbonyl (C=O) groups is 1. The number of ether oxygens (including phenoxy) is 1. The van der Waals surface area contributed by atoms with Crippen LogP contribution in [0.15, 0.2) is 17.7 Å². The summed E-state index contributed by atoms with van der Waals surface area (Å²) in [6.07, 6.45) is 10.4. The number of rotatable bonds is 4.